The van der Waals surface area contributed by atoms with Gasteiger partial charge in [0.05, 0.1) is 16.3 Å². The Morgan fingerprint density at radius 3 is 2.24 bits per heavy atom. The predicted molar refractivity (Wildman–Crippen MR) is 90.9 cm³/mol. The Balaban J connectivity index is 2.51. The van der Waals surface area contributed by atoms with E-state index >= 15 is 0 Å². The number of halogens is 1. The minimum absolute atomic E-state index is 0.139. The van der Waals surface area contributed by atoms with Gasteiger partial charge in [0.25, 0.3) is 0 Å². The lowest BCUT2D eigenvalue weighted by Gasteiger charge is -2.16. The molecule has 0 saturated carbocycles. The number of hydrogen-bond acceptors (Lipinski definition) is 4. The summed E-state index contributed by atoms with van der Waals surface area (Å²) in [6, 6.07) is 8.94. The number of aryl methyl sites for hydroxylation is 2. The summed E-state index contributed by atoms with van der Waals surface area (Å²) < 4.78 is 24.4. The van der Waals surface area contributed by atoms with E-state index in [4.69, 9.17) is 5.73 Å². The van der Waals surface area contributed by atoms with Gasteiger partial charge in [-0.15, -0.1) is 0 Å². The summed E-state index contributed by atoms with van der Waals surface area (Å²) in [5.74, 6) is 0. The average molecular weight is 369 g/mol. The van der Waals surface area contributed by atoms with Gasteiger partial charge in [0, 0.05) is 16.4 Å². The van der Waals surface area contributed by atoms with Gasteiger partial charge in [0.15, 0.2) is 9.84 Å². The second kappa shape index (κ2) is 5.69. The standard InChI is InChI=1S/C15H17BrN2O2S/c1-9-7-11(16)8-10(2)15(9)18-12-5-4-6-13(14(12)17)21(3,19)20/h4-8,18H,17H2,1-3H3. The number of benzene rings is 2. The molecule has 2 rings (SSSR count). The maximum Gasteiger partial charge on any atom is 0.177 e. The van der Waals surface area contributed by atoms with Gasteiger partial charge in [-0.25, -0.2) is 8.42 Å². The Hall–Kier alpha value is -1.53. The molecule has 0 fully saturated rings. The third kappa shape index (κ3) is 3.39. The molecular formula is C15H17BrN2O2S. The summed E-state index contributed by atoms with van der Waals surface area (Å²) in [5, 5.41) is 3.24. The molecule has 3 N–H and O–H groups in total. The Bertz CT molecular complexity index is 778. The fourth-order valence-electron chi connectivity index (χ4n) is 2.22. The zero-order valence-corrected chi connectivity index (χ0v) is 14.5. The number of nitrogens with two attached hydrogens (primary N) is 1. The van der Waals surface area contributed by atoms with Crippen molar-refractivity contribution >= 4 is 42.8 Å². The molecule has 0 spiro atoms. The van der Waals surface area contributed by atoms with E-state index in [1.54, 1.807) is 12.1 Å². The first-order valence-electron chi connectivity index (χ1n) is 6.32. The smallest absolute Gasteiger partial charge is 0.177 e. The summed E-state index contributed by atoms with van der Waals surface area (Å²) in [7, 11) is -3.35. The molecule has 21 heavy (non-hydrogen) atoms. The zero-order valence-electron chi connectivity index (χ0n) is 12.1. The van der Waals surface area contributed by atoms with Crippen LogP contribution in [0.4, 0.5) is 17.1 Å². The van der Waals surface area contributed by atoms with Crippen molar-refractivity contribution in [3.05, 3.63) is 45.9 Å². The lowest BCUT2D eigenvalue weighted by molar-refractivity contribution is 0.602. The maximum absolute atomic E-state index is 11.7. The molecule has 0 aliphatic rings. The highest BCUT2D eigenvalue weighted by molar-refractivity contribution is 9.10. The zero-order chi connectivity index (χ0) is 15.8. The number of sulfone groups is 1. The molecule has 0 amide bonds. The molecule has 0 unspecified atom stereocenters. The molecule has 2 aromatic carbocycles. The number of rotatable bonds is 3. The minimum Gasteiger partial charge on any atom is -0.396 e. The summed E-state index contributed by atoms with van der Waals surface area (Å²) in [5.41, 5.74) is 9.84. The van der Waals surface area contributed by atoms with Crippen LogP contribution >= 0.6 is 15.9 Å². The summed E-state index contributed by atoms with van der Waals surface area (Å²) >= 11 is 3.45. The van der Waals surface area contributed by atoms with E-state index in [9.17, 15) is 8.42 Å². The number of nitrogen functional groups attached to an aromatic ring is 1. The van der Waals surface area contributed by atoms with Crippen LogP contribution in [-0.2, 0) is 9.84 Å². The van der Waals surface area contributed by atoms with Crippen LogP contribution in [0.15, 0.2) is 39.7 Å². The van der Waals surface area contributed by atoms with E-state index in [0.717, 1.165) is 27.5 Å². The summed E-state index contributed by atoms with van der Waals surface area (Å²) in [6.07, 6.45) is 1.15. The van der Waals surface area contributed by atoms with Crippen molar-refractivity contribution in [3.63, 3.8) is 0 Å². The van der Waals surface area contributed by atoms with Crippen LogP contribution in [0.1, 0.15) is 11.1 Å². The van der Waals surface area contributed by atoms with Gasteiger partial charge < -0.3 is 11.1 Å². The van der Waals surface area contributed by atoms with E-state index < -0.39 is 9.84 Å². The Morgan fingerprint density at radius 2 is 1.71 bits per heavy atom. The molecule has 0 atom stereocenters. The number of anilines is 3. The van der Waals surface area contributed by atoms with Crippen molar-refractivity contribution < 1.29 is 8.42 Å². The van der Waals surface area contributed by atoms with Crippen molar-refractivity contribution in [2.24, 2.45) is 0 Å². The van der Waals surface area contributed by atoms with Crippen molar-refractivity contribution in [1.29, 1.82) is 0 Å². The molecule has 0 radical (unpaired) electrons. The number of hydrogen-bond donors (Lipinski definition) is 2. The van der Waals surface area contributed by atoms with Crippen LogP contribution in [0.5, 0.6) is 0 Å². The maximum atomic E-state index is 11.7. The third-order valence-electron chi connectivity index (χ3n) is 3.22. The van der Waals surface area contributed by atoms with Gasteiger partial charge in [-0.3, -0.25) is 0 Å². The van der Waals surface area contributed by atoms with Gasteiger partial charge in [-0.05, 0) is 49.2 Å². The first-order chi connectivity index (χ1) is 9.70. The molecule has 0 heterocycles. The van der Waals surface area contributed by atoms with Crippen molar-refractivity contribution in [1.82, 2.24) is 0 Å². The first-order valence-corrected chi connectivity index (χ1v) is 9.01. The van der Waals surface area contributed by atoms with E-state index in [-0.39, 0.29) is 10.6 Å². The summed E-state index contributed by atoms with van der Waals surface area (Å²) in [6.45, 7) is 3.97. The molecule has 0 aromatic heterocycles. The lowest BCUT2D eigenvalue weighted by atomic mass is 10.1. The molecule has 6 heteroatoms. The Kier molecular flexibility index (Phi) is 4.30. The highest BCUT2D eigenvalue weighted by Gasteiger charge is 2.15. The number of para-hydroxylation sites is 1. The second-order valence-electron chi connectivity index (χ2n) is 5.03. The van der Waals surface area contributed by atoms with E-state index in [1.165, 1.54) is 6.07 Å². The topological polar surface area (TPSA) is 72.2 Å². The normalized spacial score (nSPS) is 11.4. The lowest BCUT2D eigenvalue weighted by Crippen LogP contribution is -2.06. The van der Waals surface area contributed by atoms with Crippen LogP contribution in [0.25, 0.3) is 0 Å². The molecular weight excluding hydrogens is 352 g/mol. The van der Waals surface area contributed by atoms with Gasteiger partial charge in [0.1, 0.15) is 0 Å². The van der Waals surface area contributed by atoms with Gasteiger partial charge in [0.2, 0.25) is 0 Å². The van der Waals surface area contributed by atoms with Crippen molar-refractivity contribution in [2.45, 2.75) is 18.7 Å². The molecule has 2 aromatic rings. The highest BCUT2D eigenvalue weighted by Crippen LogP contribution is 2.33. The summed E-state index contributed by atoms with van der Waals surface area (Å²) in [4.78, 5) is 0.139. The Morgan fingerprint density at radius 1 is 1.14 bits per heavy atom. The van der Waals surface area contributed by atoms with Crippen LogP contribution in [0, 0.1) is 13.8 Å². The molecule has 112 valence electrons. The second-order valence-corrected chi connectivity index (χ2v) is 7.93. The average Bonchev–Trinajstić information content (AvgIpc) is 2.33. The van der Waals surface area contributed by atoms with Gasteiger partial charge in [-0.1, -0.05) is 22.0 Å². The molecule has 0 bridgehead atoms. The molecule has 0 aliphatic heterocycles. The van der Waals surface area contributed by atoms with Crippen LogP contribution in [0.2, 0.25) is 0 Å². The van der Waals surface area contributed by atoms with Gasteiger partial charge >= 0.3 is 0 Å². The highest BCUT2D eigenvalue weighted by atomic mass is 79.9. The number of nitrogens with one attached hydrogen (secondary N) is 1. The van der Waals surface area contributed by atoms with E-state index in [1.807, 2.05) is 26.0 Å². The SMILES string of the molecule is Cc1cc(Br)cc(C)c1Nc1cccc(S(C)(=O)=O)c1N. The largest absolute Gasteiger partial charge is 0.396 e. The van der Waals surface area contributed by atoms with Crippen LogP contribution in [-0.4, -0.2) is 14.7 Å². The minimum atomic E-state index is -3.35. The first kappa shape index (κ1) is 15.9. The monoisotopic (exact) mass is 368 g/mol. The molecule has 0 saturated heterocycles. The molecule has 4 nitrogen and oxygen atoms in total. The fraction of sp³-hybridized carbons (Fsp3) is 0.200. The molecule has 0 aliphatic carbocycles. The van der Waals surface area contributed by atoms with Crippen LogP contribution in [0.3, 0.4) is 0 Å². The van der Waals surface area contributed by atoms with Crippen LogP contribution < -0.4 is 11.1 Å². The quantitative estimate of drug-likeness (QED) is 0.808. The third-order valence-corrected chi connectivity index (χ3v) is 4.84. The van der Waals surface area contributed by atoms with E-state index in [0.29, 0.717) is 5.69 Å². The predicted octanol–water partition coefficient (Wildman–Crippen LogP) is 3.80. The van der Waals surface area contributed by atoms with Crippen molar-refractivity contribution in [3.8, 4) is 0 Å². The van der Waals surface area contributed by atoms with Gasteiger partial charge in [-0.2, -0.15) is 0 Å². The van der Waals surface area contributed by atoms with Crippen molar-refractivity contribution in [2.75, 3.05) is 17.3 Å². The van der Waals surface area contributed by atoms with E-state index in [2.05, 4.69) is 21.2 Å². The Labute approximate surface area is 133 Å². The fourth-order valence-corrected chi connectivity index (χ4v) is 3.74.